The number of carbonyl (C=O) groups excluding carboxylic acids is 4. The summed E-state index contributed by atoms with van der Waals surface area (Å²) in [4.78, 5) is 52.4. The molecule has 1 aromatic heterocycles. The number of fused-ring (bicyclic) bond motifs is 1. The fourth-order valence-corrected chi connectivity index (χ4v) is 3.63. The molecule has 0 bridgehead atoms. The van der Waals surface area contributed by atoms with Crippen molar-refractivity contribution in [3.05, 3.63) is 71.4 Å². The van der Waals surface area contributed by atoms with Gasteiger partial charge in [0.05, 0.1) is 0 Å². The predicted octanol–water partition coefficient (Wildman–Crippen LogP) is 3.16. The zero-order valence-electron chi connectivity index (χ0n) is 21.3. The van der Waals surface area contributed by atoms with E-state index in [1.807, 2.05) is 30.3 Å². The summed E-state index contributed by atoms with van der Waals surface area (Å²) < 4.78 is 10.7. The molecule has 10 heteroatoms. The van der Waals surface area contributed by atoms with E-state index in [0.29, 0.717) is 22.0 Å². The van der Waals surface area contributed by atoms with Gasteiger partial charge >= 0.3 is 12.1 Å². The highest BCUT2D eigenvalue weighted by molar-refractivity contribution is 6.63. The van der Waals surface area contributed by atoms with Gasteiger partial charge in [0.25, 0.3) is 0 Å². The number of nitrogens with one attached hydrogen (secondary N) is 3. The maximum atomic E-state index is 13.0. The lowest BCUT2D eigenvalue weighted by Crippen LogP contribution is -2.52. The maximum Gasteiger partial charge on any atom is 0.408 e. The van der Waals surface area contributed by atoms with Gasteiger partial charge in [-0.1, -0.05) is 42.5 Å². The first-order valence-electron chi connectivity index (χ1n) is 11.8. The Hall–Kier alpha value is -4.08. The van der Waals surface area contributed by atoms with Crippen LogP contribution in [0.15, 0.2) is 54.7 Å². The Balaban J connectivity index is 1.61. The monoisotopic (exact) mass is 503 g/mol. The Morgan fingerprint density at radius 2 is 1.70 bits per heavy atom. The summed E-state index contributed by atoms with van der Waals surface area (Å²) in [5.74, 6) is -1.19. The van der Waals surface area contributed by atoms with E-state index in [4.69, 9.17) is 17.3 Å². The molecule has 0 spiro atoms. The molecule has 2 aromatic carbocycles. The molecule has 2 unspecified atom stereocenters. The number of amides is 2. The molecule has 0 saturated carbocycles. The third-order valence-corrected chi connectivity index (χ3v) is 5.40. The Morgan fingerprint density at radius 3 is 2.35 bits per heavy atom. The minimum absolute atomic E-state index is 0.0382. The summed E-state index contributed by atoms with van der Waals surface area (Å²) in [6.07, 6.45) is 0.993. The quantitative estimate of drug-likeness (QED) is 0.304. The van der Waals surface area contributed by atoms with Crippen LogP contribution in [-0.4, -0.2) is 54.2 Å². The summed E-state index contributed by atoms with van der Waals surface area (Å²) in [7, 11) is 5.36. The zero-order chi connectivity index (χ0) is 27.2. The van der Waals surface area contributed by atoms with Gasteiger partial charge in [-0.15, -0.1) is 0 Å². The lowest BCUT2D eigenvalue weighted by molar-refractivity contribution is -0.148. The van der Waals surface area contributed by atoms with E-state index in [-0.39, 0.29) is 13.0 Å². The number of carbonyl (C=O) groups is 4. The number of esters is 1. The number of H-pyrrole nitrogens is 1. The highest BCUT2D eigenvalue weighted by Gasteiger charge is 2.27. The van der Waals surface area contributed by atoms with Crippen LogP contribution in [-0.2, 0) is 32.1 Å². The van der Waals surface area contributed by atoms with Crippen molar-refractivity contribution in [2.45, 2.75) is 58.4 Å². The molecule has 1 heterocycles. The average molecular weight is 503 g/mol. The van der Waals surface area contributed by atoms with Gasteiger partial charge in [0, 0.05) is 29.1 Å². The lowest BCUT2D eigenvalue weighted by atomic mass is 9.94. The minimum Gasteiger partial charge on any atom is -0.459 e. The number of aromatic amines is 1. The van der Waals surface area contributed by atoms with Gasteiger partial charge in [-0.2, -0.15) is 0 Å². The number of alkyl carbamates (subject to hydrolysis) is 1. The van der Waals surface area contributed by atoms with Crippen molar-refractivity contribution < 1.29 is 28.7 Å². The minimum atomic E-state index is -0.970. The summed E-state index contributed by atoms with van der Waals surface area (Å²) in [6.45, 7) is 6.63. The lowest BCUT2D eigenvalue weighted by Gasteiger charge is -2.24. The van der Waals surface area contributed by atoms with Crippen molar-refractivity contribution in [2.24, 2.45) is 0 Å². The molecule has 3 rings (SSSR count). The van der Waals surface area contributed by atoms with Gasteiger partial charge in [-0.05, 0) is 44.9 Å². The molecule has 3 N–H and O–H groups in total. The number of hydrogen-bond donors (Lipinski definition) is 3. The van der Waals surface area contributed by atoms with E-state index in [0.717, 1.165) is 5.56 Å². The summed E-state index contributed by atoms with van der Waals surface area (Å²) >= 11 is 0. The fourth-order valence-electron chi connectivity index (χ4n) is 3.63. The van der Waals surface area contributed by atoms with E-state index in [1.54, 1.807) is 39.0 Å². The Morgan fingerprint density at radius 1 is 1.00 bits per heavy atom. The first-order valence-corrected chi connectivity index (χ1v) is 11.8. The van der Waals surface area contributed by atoms with E-state index in [2.05, 4.69) is 15.6 Å². The molecular weight excluding hydrogens is 473 g/mol. The standard InChI is InChI=1S/C27H30BN3O6/c1-16(25(34)36-15-18-10-11-19-20(23(28)32)14-29-21(19)13-18)30-24(33)22(12-17-8-6-5-7-9-17)31-26(35)37-27(2,3)4/h5-11,13-14,16,22,29H,12,15H2,1-4H3,(H,30,33)(H,31,35). The van der Waals surface area contributed by atoms with Crippen molar-refractivity contribution in [3.63, 3.8) is 0 Å². The number of rotatable bonds is 9. The van der Waals surface area contributed by atoms with Crippen LogP contribution in [0.1, 0.15) is 49.2 Å². The average Bonchev–Trinajstić information content (AvgIpc) is 3.25. The normalized spacial score (nSPS) is 12.9. The molecule has 2 amide bonds. The summed E-state index contributed by atoms with van der Waals surface area (Å²) in [5, 5.41) is 5.87. The van der Waals surface area contributed by atoms with Crippen molar-refractivity contribution in [1.82, 2.24) is 15.6 Å². The number of hydrogen-bond acceptors (Lipinski definition) is 6. The van der Waals surface area contributed by atoms with Crippen LogP contribution in [0.3, 0.4) is 0 Å². The first-order chi connectivity index (χ1) is 17.4. The number of benzene rings is 2. The van der Waals surface area contributed by atoms with E-state index < -0.39 is 41.3 Å². The molecule has 0 aliphatic carbocycles. The Labute approximate surface area is 216 Å². The molecule has 0 aliphatic rings. The van der Waals surface area contributed by atoms with Gasteiger partial charge in [-0.3, -0.25) is 4.79 Å². The largest absolute Gasteiger partial charge is 0.459 e. The van der Waals surface area contributed by atoms with Crippen LogP contribution in [0.2, 0.25) is 0 Å². The Bertz CT molecular complexity index is 1280. The topological polar surface area (TPSA) is 127 Å². The van der Waals surface area contributed by atoms with Gasteiger partial charge < -0.3 is 29.9 Å². The second kappa shape index (κ2) is 11.8. The second-order valence-corrected chi connectivity index (χ2v) is 9.67. The SMILES string of the molecule is [B]C(=O)c1c[nH]c2cc(COC(=O)C(C)NC(=O)C(Cc3ccccc3)NC(=O)OC(C)(C)C)ccc12. The third kappa shape index (κ3) is 7.96. The van der Waals surface area contributed by atoms with Crippen LogP contribution in [0.5, 0.6) is 0 Å². The van der Waals surface area contributed by atoms with Gasteiger partial charge in [0.1, 0.15) is 30.0 Å². The zero-order valence-corrected chi connectivity index (χ0v) is 21.3. The third-order valence-electron chi connectivity index (χ3n) is 5.40. The first kappa shape index (κ1) is 27.5. The second-order valence-electron chi connectivity index (χ2n) is 9.67. The smallest absolute Gasteiger partial charge is 0.408 e. The summed E-state index contributed by atoms with van der Waals surface area (Å²) in [5.41, 5.74) is 1.29. The molecular formula is C27H30BN3O6. The molecule has 2 atom stereocenters. The van der Waals surface area contributed by atoms with E-state index in [9.17, 15) is 19.2 Å². The van der Waals surface area contributed by atoms with Gasteiger partial charge in [0.15, 0.2) is 7.85 Å². The van der Waals surface area contributed by atoms with Crippen molar-refractivity contribution in [3.8, 4) is 0 Å². The molecule has 9 nitrogen and oxygen atoms in total. The molecule has 0 saturated heterocycles. The fraction of sp³-hybridized carbons (Fsp3) is 0.333. The molecule has 3 aromatic rings. The molecule has 0 fully saturated rings. The highest BCUT2D eigenvalue weighted by atomic mass is 16.6. The van der Waals surface area contributed by atoms with E-state index >= 15 is 0 Å². The van der Waals surface area contributed by atoms with Crippen LogP contribution in [0.4, 0.5) is 4.79 Å². The van der Waals surface area contributed by atoms with Crippen LogP contribution < -0.4 is 10.6 Å². The highest BCUT2D eigenvalue weighted by Crippen LogP contribution is 2.20. The molecule has 192 valence electrons. The number of ether oxygens (including phenoxy) is 2. The predicted molar refractivity (Wildman–Crippen MR) is 139 cm³/mol. The molecule has 2 radical (unpaired) electrons. The van der Waals surface area contributed by atoms with Crippen molar-refractivity contribution >= 4 is 42.4 Å². The maximum absolute atomic E-state index is 13.0. The molecule has 37 heavy (non-hydrogen) atoms. The Kier molecular flexibility index (Phi) is 8.75. The summed E-state index contributed by atoms with van der Waals surface area (Å²) in [6, 6.07) is 12.4. The van der Waals surface area contributed by atoms with Crippen molar-refractivity contribution in [2.75, 3.05) is 0 Å². The van der Waals surface area contributed by atoms with Crippen LogP contribution >= 0.6 is 0 Å². The van der Waals surface area contributed by atoms with Crippen LogP contribution in [0.25, 0.3) is 10.9 Å². The van der Waals surface area contributed by atoms with Crippen molar-refractivity contribution in [1.29, 1.82) is 0 Å². The van der Waals surface area contributed by atoms with Gasteiger partial charge in [-0.25, -0.2) is 9.59 Å². The molecule has 0 aliphatic heterocycles. The number of aromatic nitrogens is 1. The van der Waals surface area contributed by atoms with Crippen LogP contribution in [0, 0.1) is 0 Å². The van der Waals surface area contributed by atoms with E-state index in [1.165, 1.54) is 13.1 Å². The van der Waals surface area contributed by atoms with Gasteiger partial charge in [0.2, 0.25) is 5.91 Å².